The number of hydrogen-bond acceptors (Lipinski definition) is 4. The van der Waals surface area contributed by atoms with E-state index in [1.807, 2.05) is 40.1 Å². The van der Waals surface area contributed by atoms with Crippen LogP contribution < -0.4 is 5.32 Å². The van der Waals surface area contributed by atoms with E-state index in [1.54, 1.807) is 27.7 Å². The van der Waals surface area contributed by atoms with Crippen molar-refractivity contribution < 1.29 is 9.18 Å². The van der Waals surface area contributed by atoms with Crippen LogP contribution in [0.1, 0.15) is 29.9 Å². The van der Waals surface area contributed by atoms with Gasteiger partial charge in [0.25, 0.3) is 0 Å². The zero-order valence-corrected chi connectivity index (χ0v) is 17.3. The molecular formula is C22H23FN6O. The van der Waals surface area contributed by atoms with Crippen LogP contribution in [0, 0.1) is 19.7 Å². The molecule has 1 amide bonds. The molecule has 1 N–H and O–H groups in total. The Morgan fingerprint density at radius 1 is 1.13 bits per heavy atom. The van der Waals surface area contributed by atoms with Crippen LogP contribution in [0.4, 0.5) is 4.39 Å². The van der Waals surface area contributed by atoms with Gasteiger partial charge in [-0.3, -0.25) is 9.48 Å². The van der Waals surface area contributed by atoms with E-state index in [0.29, 0.717) is 5.65 Å². The standard InChI is InChI=1S/C22H23FN6O/c1-13(19-11-28(4)26-14(19)2)25-20(30)12-29-22-21(15(3)27-29)18(9-10-24-22)16-5-7-17(23)8-6-16/h5-11,13H,12H2,1-4H3,(H,25,30). The van der Waals surface area contributed by atoms with Gasteiger partial charge in [-0.1, -0.05) is 12.1 Å². The fourth-order valence-electron chi connectivity index (χ4n) is 3.81. The first-order valence-corrected chi connectivity index (χ1v) is 9.71. The normalized spacial score (nSPS) is 12.3. The lowest BCUT2D eigenvalue weighted by molar-refractivity contribution is -0.122. The minimum Gasteiger partial charge on any atom is -0.348 e. The molecule has 0 aliphatic rings. The molecule has 4 aromatic rings. The highest BCUT2D eigenvalue weighted by atomic mass is 19.1. The number of aromatic nitrogens is 5. The van der Waals surface area contributed by atoms with Gasteiger partial charge in [-0.05, 0) is 50.1 Å². The van der Waals surface area contributed by atoms with Crippen LogP contribution >= 0.6 is 0 Å². The Labute approximate surface area is 173 Å². The van der Waals surface area contributed by atoms with E-state index in [1.165, 1.54) is 12.1 Å². The molecule has 1 aromatic carbocycles. The number of benzene rings is 1. The van der Waals surface area contributed by atoms with Crippen LogP contribution in [-0.2, 0) is 18.4 Å². The molecule has 0 aliphatic carbocycles. The van der Waals surface area contributed by atoms with Crippen molar-refractivity contribution in [3.8, 4) is 11.1 Å². The predicted octanol–water partition coefficient (Wildman–Crippen LogP) is 3.47. The Morgan fingerprint density at radius 2 is 1.87 bits per heavy atom. The first kappa shape index (κ1) is 19.8. The van der Waals surface area contributed by atoms with E-state index in [-0.39, 0.29) is 24.3 Å². The number of aryl methyl sites for hydroxylation is 3. The largest absolute Gasteiger partial charge is 0.348 e. The average Bonchev–Trinajstić information content (AvgIpc) is 3.21. The van der Waals surface area contributed by atoms with Crippen molar-refractivity contribution in [2.45, 2.75) is 33.4 Å². The highest BCUT2D eigenvalue weighted by Crippen LogP contribution is 2.30. The molecule has 154 valence electrons. The molecule has 0 bridgehead atoms. The Kier molecular flexibility index (Phi) is 5.07. The second-order valence-electron chi connectivity index (χ2n) is 7.44. The number of carbonyl (C=O) groups is 1. The summed E-state index contributed by atoms with van der Waals surface area (Å²) in [6.07, 6.45) is 3.59. The summed E-state index contributed by atoms with van der Waals surface area (Å²) in [5.41, 5.74) is 5.02. The van der Waals surface area contributed by atoms with Gasteiger partial charge < -0.3 is 5.32 Å². The second kappa shape index (κ2) is 7.70. The maximum absolute atomic E-state index is 13.3. The first-order valence-electron chi connectivity index (χ1n) is 9.71. The predicted molar refractivity (Wildman–Crippen MR) is 112 cm³/mol. The van der Waals surface area contributed by atoms with E-state index in [4.69, 9.17) is 0 Å². The van der Waals surface area contributed by atoms with Crippen molar-refractivity contribution in [1.29, 1.82) is 0 Å². The molecule has 30 heavy (non-hydrogen) atoms. The third-order valence-corrected chi connectivity index (χ3v) is 5.15. The van der Waals surface area contributed by atoms with Crippen LogP contribution in [0.25, 0.3) is 22.2 Å². The number of amides is 1. The molecule has 0 fully saturated rings. The van der Waals surface area contributed by atoms with Crippen molar-refractivity contribution in [3.05, 3.63) is 65.5 Å². The number of nitrogens with zero attached hydrogens (tertiary/aromatic N) is 5. The first-order chi connectivity index (χ1) is 14.3. The summed E-state index contributed by atoms with van der Waals surface area (Å²) < 4.78 is 16.7. The Morgan fingerprint density at radius 3 is 2.53 bits per heavy atom. The summed E-state index contributed by atoms with van der Waals surface area (Å²) in [4.78, 5) is 17.1. The lowest BCUT2D eigenvalue weighted by atomic mass is 10.0. The minimum absolute atomic E-state index is 0.0495. The molecular weight excluding hydrogens is 383 g/mol. The van der Waals surface area contributed by atoms with Gasteiger partial charge in [0.15, 0.2) is 5.65 Å². The van der Waals surface area contributed by atoms with E-state index in [0.717, 1.165) is 33.5 Å². The number of nitrogens with one attached hydrogen (secondary N) is 1. The van der Waals surface area contributed by atoms with Crippen LogP contribution in [0.2, 0.25) is 0 Å². The third kappa shape index (κ3) is 3.68. The molecule has 0 radical (unpaired) electrons. The zero-order chi connectivity index (χ0) is 21.4. The number of hydrogen-bond donors (Lipinski definition) is 1. The molecule has 8 heteroatoms. The highest BCUT2D eigenvalue weighted by Gasteiger charge is 2.18. The van der Waals surface area contributed by atoms with Crippen molar-refractivity contribution in [2.24, 2.45) is 7.05 Å². The number of pyridine rings is 1. The van der Waals surface area contributed by atoms with Gasteiger partial charge in [0.2, 0.25) is 5.91 Å². The molecule has 4 rings (SSSR count). The molecule has 0 saturated heterocycles. The van der Waals surface area contributed by atoms with Crippen molar-refractivity contribution >= 4 is 16.9 Å². The summed E-state index contributed by atoms with van der Waals surface area (Å²) >= 11 is 0. The maximum atomic E-state index is 13.3. The number of carbonyl (C=O) groups excluding carboxylic acids is 1. The average molecular weight is 406 g/mol. The van der Waals surface area contributed by atoms with Gasteiger partial charge in [-0.2, -0.15) is 10.2 Å². The van der Waals surface area contributed by atoms with Gasteiger partial charge in [-0.15, -0.1) is 0 Å². The monoisotopic (exact) mass is 406 g/mol. The van der Waals surface area contributed by atoms with Gasteiger partial charge >= 0.3 is 0 Å². The van der Waals surface area contributed by atoms with E-state index >= 15 is 0 Å². The summed E-state index contributed by atoms with van der Waals surface area (Å²) in [5, 5.41) is 12.7. The molecule has 0 saturated carbocycles. The van der Waals surface area contributed by atoms with E-state index in [9.17, 15) is 9.18 Å². The molecule has 3 heterocycles. The lowest BCUT2D eigenvalue weighted by Crippen LogP contribution is -2.30. The number of halogens is 1. The highest BCUT2D eigenvalue weighted by molar-refractivity contribution is 5.95. The number of fused-ring (bicyclic) bond motifs is 1. The topological polar surface area (TPSA) is 77.6 Å². The molecule has 0 aliphatic heterocycles. The smallest absolute Gasteiger partial charge is 0.242 e. The fraction of sp³-hybridized carbons (Fsp3) is 0.273. The molecule has 0 spiro atoms. The molecule has 1 unspecified atom stereocenters. The zero-order valence-electron chi connectivity index (χ0n) is 17.3. The Bertz CT molecular complexity index is 1220. The summed E-state index contributed by atoms with van der Waals surface area (Å²) in [5.74, 6) is -0.449. The van der Waals surface area contributed by atoms with E-state index in [2.05, 4.69) is 20.5 Å². The Hall–Kier alpha value is -3.55. The molecule has 3 aromatic heterocycles. The van der Waals surface area contributed by atoms with Crippen molar-refractivity contribution in [1.82, 2.24) is 29.9 Å². The van der Waals surface area contributed by atoms with Gasteiger partial charge in [0.1, 0.15) is 12.4 Å². The van der Waals surface area contributed by atoms with Gasteiger partial charge in [-0.25, -0.2) is 14.1 Å². The number of rotatable bonds is 5. The molecule has 1 atom stereocenters. The minimum atomic E-state index is -0.286. The Balaban J connectivity index is 1.60. The van der Waals surface area contributed by atoms with Gasteiger partial charge in [0.05, 0.1) is 17.4 Å². The van der Waals surface area contributed by atoms with Crippen molar-refractivity contribution in [2.75, 3.05) is 0 Å². The second-order valence-corrected chi connectivity index (χ2v) is 7.44. The van der Waals surface area contributed by atoms with Crippen molar-refractivity contribution in [3.63, 3.8) is 0 Å². The van der Waals surface area contributed by atoms with Crippen LogP contribution in [0.3, 0.4) is 0 Å². The quantitative estimate of drug-likeness (QED) is 0.551. The SMILES string of the molecule is Cc1nn(C)cc1C(C)NC(=O)Cn1nc(C)c2c(-c3ccc(F)cc3)ccnc21. The van der Waals surface area contributed by atoms with Crippen LogP contribution in [0.5, 0.6) is 0 Å². The summed E-state index contributed by atoms with van der Waals surface area (Å²) in [7, 11) is 1.86. The van der Waals surface area contributed by atoms with Gasteiger partial charge in [0, 0.05) is 30.4 Å². The maximum Gasteiger partial charge on any atom is 0.242 e. The third-order valence-electron chi connectivity index (χ3n) is 5.15. The lowest BCUT2D eigenvalue weighted by Gasteiger charge is -2.13. The molecule has 7 nitrogen and oxygen atoms in total. The van der Waals surface area contributed by atoms with Crippen LogP contribution in [-0.4, -0.2) is 30.5 Å². The summed E-state index contributed by atoms with van der Waals surface area (Å²) in [6, 6.07) is 8.02. The van der Waals surface area contributed by atoms with Crippen LogP contribution in [0.15, 0.2) is 42.7 Å². The summed E-state index contributed by atoms with van der Waals surface area (Å²) in [6.45, 7) is 5.78. The fourth-order valence-corrected chi connectivity index (χ4v) is 3.81. The van der Waals surface area contributed by atoms with E-state index < -0.39 is 0 Å².